The molecule has 0 saturated carbocycles. The van der Waals surface area contributed by atoms with Gasteiger partial charge in [-0.15, -0.1) is 0 Å². The number of benzene rings is 2. The lowest BCUT2D eigenvalue weighted by atomic mass is 9.72. The average Bonchev–Trinajstić information content (AvgIpc) is 3.24. The molecule has 194 valence electrons. The first-order valence-corrected chi connectivity index (χ1v) is 12.9. The van der Waals surface area contributed by atoms with E-state index in [1.54, 1.807) is 9.80 Å². The summed E-state index contributed by atoms with van der Waals surface area (Å²) < 4.78 is 0. The second-order valence-electron chi connectivity index (χ2n) is 10.1. The van der Waals surface area contributed by atoms with E-state index in [0.717, 1.165) is 29.5 Å². The predicted molar refractivity (Wildman–Crippen MR) is 139 cm³/mol. The number of rotatable bonds is 7. The summed E-state index contributed by atoms with van der Waals surface area (Å²) in [6.45, 7) is 3.56. The van der Waals surface area contributed by atoms with E-state index in [1.807, 2.05) is 54.6 Å². The minimum atomic E-state index is -1.19. The number of aliphatic hydroxyl groups is 2. The van der Waals surface area contributed by atoms with Gasteiger partial charge in [-0.2, -0.15) is 0 Å². The van der Waals surface area contributed by atoms with E-state index in [1.165, 1.54) is 6.92 Å². The highest BCUT2D eigenvalue weighted by Gasteiger charge is 2.43. The van der Waals surface area contributed by atoms with Crippen molar-refractivity contribution in [1.82, 2.24) is 15.1 Å². The molecule has 5 N–H and O–H groups in total. The van der Waals surface area contributed by atoms with Gasteiger partial charge in [0.25, 0.3) is 0 Å². The van der Waals surface area contributed by atoms with Crippen molar-refractivity contribution < 1.29 is 19.8 Å². The summed E-state index contributed by atoms with van der Waals surface area (Å²) in [6.07, 6.45) is 1.91. The zero-order valence-electron chi connectivity index (χ0n) is 21.0. The molecule has 0 aliphatic carbocycles. The number of hydrogen-bond acceptors (Lipinski definition) is 5. The number of piperidine rings is 1. The Labute approximate surface area is 213 Å². The molecule has 36 heavy (non-hydrogen) atoms. The lowest BCUT2D eigenvalue weighted by Gasteiger charge is -2.44. The second-order valence-corrected chi connectivity index (χ2v) is 10.1. The van der Waals surface area contributed by atoms with Gasteiger partial charge < -0.3 is 31.1 Å². The van der Waals surface area contributed by atoms with Crippen molar-refractivity contribution in [3.8, 4) is 11.1 Å². The van der Waals surface area contributed by atoms with Crippen molar-refractivity contribution in [2.45, 2.75) is 50.4 Å². The van der Waals surface area contributed by atoms with Crippen molar-refractivity contribution in [3.05, 3.63) is 60.2 Å². The van der Waals surface area contributed by atoms with Gasteiger partial charge >= 0.3 is 6.03 Å². The molecule has 0 bridgehead atoms. The molecule has 8 nitrogen and oxygen atoms in total. The molecular weight excluding hydrogens is 456 g/mol. The van der Waals surface area contributed by atoms with Crippen molar-refractivity contribution in [1.29, 1.82) is 0 Å². The highest BCUT2D eigenvalue weighted by atomic mass is 16.3. The summed E-state index contributed by atoms with van der Waals surface area (Å²) in [5.41, 5.74) is 7.59. The smallest absolute Gasteiger partial charge is 0.320 e. The first-order valence-electron chi connectivity index (χ1n) is 12.9. The number of carbonyl (C=O) groups is 2. The summed E-state index contributed by atoms with van der Waals surface area (Å²) in [5.74, 6) is -0.276. The van der Waals surface area contributed by atoms with Crippen LogP contribution in [0, 0.1) is 5.92 Å². The Kier molecular flexibility index (Phi) is 8.28. The zero-order valence-corrected chi connectivity index (χ0v) is 21.0. The molecule has 0 radical (unpaired) electrons. The standard InChI is InChI=1S/C28H38N4O4/c1-20(33)30-15-8-14-28(36,24-13-6-5-12-23(24)21-9-3-2-4-10-21)22-11-7-16-31(17-22)27(35)32-18-25(29)26(34)19-32/h2-6,9-10,12-13,22,25-26,34,36H,7-8,11,14-19,29H2,1H3,(H,30,33). The molecule has 8 heteroatoms. The van der Waals surface area contributed by atoms with Gasteiger partial charge in [-0.1, -0.05) is 54.6 Å². The van der Waals surface area contributed by atoms with Crippen LogP contribution in [0.1, 0.15) is 38.2 Å². The zero-order chi connectivity index (χ0) is 25.7. The van der Waals surface area contributed by atoms with E-state index in [4.69, 9.17) is 5.73 Å². The number of carbonyl (C=O) groups excluding carboxylic acids is 2. The van der Waals surface area contributed by atoms with Crippen molar-refractivity contribution in [2.24, 2.45) is 11.7 Å². The number of aliphatic hydroxyl groups excluding tert-OH is 1. The molecule has 2 aromatic rings. The van der Waals surface area contributed by atoms with Crippen LogP contribution in [-0.2, 0) is 10.4 Å². The van der Waals surface area contributed by atoms with Crippen LogP contribution in [0.3, 0.4) is 0 Å². The molecule has 2 aliphatic heterocycles. The number of nitrogens with one attached hydrogen (secondary N) is 1. The third-order valence-corrected chi connectivity index (χ3v) is 7.56. The normalized spacial score (nSPS) is 23.8. The van der Waals surface area contributed by atoms with Gasteiger partial charge in [0.05, 0.1) is 11.7 Å². The van der Waals surface area contributed by atoms with Crippen LogP contribution in [0.15, 0.2) is 54.6 Å². The second kappa shape index (κ2) is 11.4. The molecule has 2 saturated heterocycles. The molecule has 3 amide bonds. The fraction of sp³-hybridized carbons (Fsp3) is 0.500. The number of urea groups is 1. The highest BCUT2D eigenvalue weighted by molar-refractivity contribution is 5.75. The number of nitrogens with zero attached hydrogens (tertiary/aromatic N) is 2. The van der Waals surface area contributed by atoms with Crippen LogP contribution >= 0.6 is 0 Å². The van der Waals surface area contributed by atoms with Crippen LogP contribution < -0.4 is 11.1 Å². The van der Waals surface area contributed by atoms with Gasteiger partial charge in [-0.05, 0) is 42.4 Å². The molecule has 2 aromatic carbocycles. The maximum atomic E-state index is 13.3. The Bertz CT molecular complexity index is 1040. The quantitative estimate of drug-likeness (QED) is 0.441. The first-order chi connectivity index (χ1) is 17.3. The topological polar surface area (TPSA) is 119 Å². The van der Waals surface area contributed by atoms with Crippen LogP contribution in [0.25, 0.3) is 11.1 Å². The van der Waals surface area contributed by atoms with E-state index in [0.29, 0.717) is 39.0 Å². The van der Waals surface area contributed by atoms with Crippen molar-refractivity contribution in [3.63, 3.8) is 0 Å². The van der Waals surface area contributed by atoms with E-state index >= 15 is 0 Å². The van der Waals surface area contributed by atoms with Gasteiger partial charge in [-0.3, -0.25) is 4.79 Å². The van der Waals surface area contributed by atoms with Gasteiger partial charge in [-0.25, -0.2) is 4.79 Å². The summed E-state index contributed by atoms with van der Waals surface area (Å²) in [6, 6.07) is 17.4. The van der Waals surface area contributed by atoms with Gasteiger partial charge in [0.2, 0.25) is 5.91 Å². The molecule has 0 spiro atoms. The molecule has 4 unspecified atom stereocenters. The van der Waals surface area contributed by atoms with Crippen LogP contribution in [-0.4, -0.2) is 76.8 Å². The molecule has 2 heterocycles. The first kappa shape index (κ1) is 26.1. The highest BCUT2D eigenvalue weighted by Crippen LogP contribution is 2.43. The van der Waals surface area contributed by atoms with E-state index in [-0.39, 0.29) is 24.4 Å². The van der Waals surface area contributed by atoms with Crippen LogP contribution in [0.2, 0.25) is 0 Å². The average molecular weight is 495 g/mol. The summed E-state index contributed by atoms with van der Waals surface area (Å²) in [4.78, 5) is 28.1. The van der Waals surface area contributed by atoms with Crippen LogP contribution in [0.5, 0.6) is 0 Å². The van der Waals surface area contributed by atoms with Crippen molar-refractivity contribution in [2.75, 3.05) is 32.7 Å². The fourth-order valence-corrected chi connectivity index (χ4v) is 5.62. The molecule has 2 fully saturated rings. The largest absolute Gasteiger partial charge is 0.390 e. The summed E-state index contributed by atoms with van der Waals surface area (Å²) >= 11 is 0. The monoisotopic (exact) mass is 494 g/mol. The number of likely N-dealkylation sites (tertiary alicyclic amines) is 2. The Morgan fingerprint density at radius 1 is 1.06 bits per heavy atom. The SMILES string of the molecule is CC(=O)NCCCC(O)(c1ccccc1-c1ccccc1)C1CCCN(C(=O)N2CC(N)C(O)C2)C1. The van der Waals surface area contributed by atoms with Gasteiger partial charge in [0.15, 0.2) is 0 Å². The minimum absolute atomic E-state index is 0.0938. The molecule has 4 atom stereocenters. The van der Waals surface area contributed by atoms with Gasteiger partial charge in [0, 0.05) is 51.6 Å². The maximum absolute atomic E-state index is 13.3. The van der Waals surface area contributed by atoms with Crippen LogP contribution in [0.4, 0.5) is 4.79 Å². The third kappa shape index (κ3) is 5.72. The number of nitrogens with two attached hydrogens (primary N) is 1. The molecule has 4 rings (SSSR count). The number of amides is 3. The summed E-state index contributed by atoms with van der Waals surface area (Å²) in [5, 5.41) is 25.3. The van der Waals surface area contributed by atoms with E-state index < -0.39 is 17.7 Å². The Hall–Kier alpha value is -2.94. The fourth-order valence-electron chi connectivity index (χ4n) is 5.62. The lowest BCUT2D eigenvalue weighted by Crippen LogP contribution is -2.52. The van der Waals surface area contributed by atoms with Gasteiger partial charge in [0.1, 0.15) is 0 Å². The molecular formula is C28H38N4O4. The number of β-amino-alcohol motifs (C(OH)–C–C–N with tert-alkyl or cyclic N) is 1. The Balaban J connectivity index is 1.62. The molecule has 0 aromatic heterocycles. The maximum Gasteiger partial charge on any atom is 0.320 e. The summed E-state index contributed by atoms with van der Waals surface area (Å²) in [7, 11) is 0. The Morgan fingerprint density at radius 3 is 2.47 bits per heavy atom. The number of hydrogen-bond donors (Lipinski definition) is 4. The Morgan fingerprint density at radius 2 is 1.78 bits per heavy atom. The lowest BCUT2D eigenvalue weighted by molar-refractivity contribution is -0.119. The minimum Gasteiger partial charge on any atom is -0.390 e. The van der Waals surface area contributed by atoms with E-state index in [2.05, 4.69) is 5.32 Å². The third-order valence-electron chi connectivity index (χ3n) is 7.56. The predicted octanol–water partition coefficient (Wildman–Crippen LogP) is 2.29. The van der Waals surface area contributed by atoms with Crippen molar-refractivity contribution >= 4 is 11.9 Å². The molecule has 2 aliphatic rings. The van der Waals surface area contributed by atoms with E-state index in [9.17, 15) is 19.8 Å².